The van der Waals surface area contributed by atoms with Gasteiger partial charge in [0.05, 0.1) is 6.10 Å². The number of urea groups is 1. The number of piperidine rings is 1. The summed E-state index contributed by atoms with van der Waals surface area (Å²) in [4.78, 5) is 14.2. The molecule has 4 heteroatoms. The summed E-state index contributed by atoms with van der Waals surface area (Å²) in [6, 6.07) is 7.92. The zero-order chi connectivity index (χ0) is 15.2. The minimum atomic E-state index is -0.354. The zero-order valence-electron chi connectivity index (χ0n) is 13.0. The van der Waals surface area contributed by atoms with Gasteiger partial charge in [0.15, 0.2) is 0 Å². The molecule has 1 aliphatic rings. The number of rotatable bonds is 4. The molecule has 1 heterocycles. The van der Waals surface area contributed by atoms with Gasteiger partial charge in [-0.25, -0.2) is 4.79 Å². The van der Waals surface area contributed by atoms with Crippen molar-refractivity contribution in [1.82, 2.24) is 4.90 Å². The topological polar surface area (TPSA) is 52.6 Å². The third-order valence-electron chi connectivity index (χ3n) is 4.21. The van der Waals surface area contributed by atoms with Gasteiger partial charge in [-0.3, -0.25) is 0 Å². The highest BCUT2D eigenvalue weighted by Gasteiger charge is 2.26. The number of aryl methyl sites for hydroxylation is 1. The molecule has 21 heavy (non-hydrogen) atoms. The first-order valence-electron chi connectivity index (χ1n) is 7.93. The van der Waals surface area contributed by atoms with Crippen LogP contribution in [0.1, 0.15) is 38.7 Å². The van der Waals surface area contributed by atoms with Crippen LogP contribution in [0, 0.1) is 5.92 Å². The molecule has 1 aromatic carbocycles. The van der Waals surface area contributed by atoms with Gasteiger partial charge in [-0.15, -0.1) is 0 Å². The molecule has 0 aliphatic carbocycles. The van der Waals surface area contributed by atoms with Crippen LogP contribution < -0.4 is 5.32 Å². The predicted octanol–water partition coefficient (Wildman–Crippen LogP) is 3.26. The first kappa shape index (κ1) is 15.8. The Morgan fingerprint density at radius 2 is 2.24 bits per heavy atom. The fraction of sp³-hybridized carbons (Fsp3) is 0.588. The van der Waals surface area contributed by atoms with Crippen molar-refractivity contribution in [2.75, 3.05) is 18.4 Å². The number of likely N-dealkylation sites (tertiary alicyclic amines) is 1. The number of aliphatic hydroxyl groups is 1. The van der Waals surface area contributed by atoms with Crippen LogP contribution in [0.5, 0.6) is 0 Å². The van der Waals surface area contributed by atoms with Crippen molar-refractivity contribution in [1.29, 1.82) is 0 Å². The van der Waals surface area contributed by atoms with Gasteiger partial charge in [-0.1, -0.05) is 31.5 Å². The summed E-state index contributed by atoms with van der Waals surface area (Å²) in [6.07, 6.45) is 3.62. The van der Waals surface area contributed by atoms with Gasteiger partial charge in [0.25, 0.3) is 0 Å². The molecule has 0 aromatic heterocycles. The van der Waals surface area contributed by atoms with Crippen molar-refractivity contribution in [3.05, 3.63) is 29.8 Å². The van der Waals surface area contributed by atoms with E-state index < -0.39 is 0 Å². The first-order valence-corrected chi connectivity index (χ1v) is 7.93. The molecule has 2 rings (SSSR count). The van der Waals surface area contributed by atoms with Crippen molar-refractivity contribution in [2.45, 2.75) is 45.6 Å². The highest BCUT2D eigenvalue weighted by Crippen LogP contribution is 2.22. The van der Waals surface area contributed by atoms with Gasteiger partial charge in [0, 0.05) is 24.7 Å². The van der Waals surface area contributed by atoms with E-state index in [-0.39, 0.29) is 18.1 Å². The molecule has 1 aromatic rings. The number of nitrogens with zero attached hydrogens (tertiary/aromatic N) is 1. The van der Waals surface area contributed by atoms with E-state index >= 15 is 0 Å². The van der Waals surface area contributed by atoms with Crippen molar-refractivity contribution in [3.63, 3.8) is 0 Å². The number of para-hydroxylation sites is 1. The molecule has 2 atom stereocenters. The summed E-state index contributed by atoms with van der Waals surface area (Å²) in [5, 5.41) is 12.8. The SMILES string of the molecule is CCCc1ccccc1NC(=O)N1CCCC(C(C)O)C1. The number of carbonyl (C=O) groups excluding carboxylic acids is 1. The number of aliphatic hydroxyl groups excluding tert-OH is 1. The Labute approximate surface area is 127 Å². The average Bonchev–Trinajstić information content (AvgIpc) is 2.49. The van der Waals surface area contributed by atoms with Crippen LogP contribution >= 0.6 is 0 Å². The average molecular weight is 290 g/mol. The standard InChI is InChI=1S/C17H26N2O2/c1-3-7-14-8-4-5-10-16(14)18-17(21)19-11-6-9-15(12-19)13(2)20/h4-5,8,10,13,15,20H,3,6-7,9,11-12H2,1-2H3,(H,18,21). The molecule has 0 radical (unpaired) electrons. The van der Waals surface area contributed by atoms with E-state index in [0.717, 1.165) is 37.9 Å². The predicted molar refractivity (Wildman–Crippen MR) is 85.4 cm³/mol. The van der Waals surface area contributed by atoms with E-state index in [4.69, 9.17) is 0 Å². The summed E-state index contributed by atoms with van der Waals surface area (Å²) in [7, 11) is 0. The summed E-state index contributed by atoms with van der Waals surface area (Å²) in [5.41, 5.74) is 2.08. The van der Waals surface area contributed by atoms with E-state index in [1.807, 2.05) is 30.0 Å². The quantitative estimate of drug-likeness (QED) is 0.894. The summed E-state index contributed by atoms with van der Waals surface area (Å²) >= 11 is 0. The Morgan fingerprint density at radius 3 is 2.95 bits per heavy atom. The fourth-order valence-electron chi connectivity index (χ4n) is 2.91. The molecule has 2 unspecified atom stereocenters. The van der Waals surface area contributed by atoms with E-state index in [9.17, 15) is 9.90 Å². The Morgan fingerprint density at radius 1 is 1.48 bits per heavy atom. The molecule has 1 fully saturated rings. The summed E-state index contributed by atoms with van der Waals surface area (Å²) in [6.45, 7) is 5.35. The minimum absolute atomic E-state index is 0.0519. The Bertz CT molecular complexity index is 474. The lowest BCUT2D eigenvalue weighted by molar-refractivity contribution is 0.0766. The van der Waals surface area contributed by atoms with Crippen LogP contribution in [0.2, 0.25) is 0 Å². The second kappa shape index (κ2) is 7.46. The van der Waals surface area contributed by atoms with Crippen LogP contribution in [0.25, 0.3) is 0 Å². The van der Waals surface area contributed by atoms with Crippen LogP contribution in [-0.4, -0.2) is 35.2 Å². The summed E-state index contributed by atoms with van der Waals surface area (Å²) in [5.74, 6) is 0.190. The first-order chi connectivity index (χ1) is 10.1. The number of amides is 2. The lowest BCUT2D eigenvalue weighted by Gasteiger charge is -2.34. The monoisotopic (exact) mass is 290 g/mol. The number of anilines is 1. The van der Waals surface area contributed by atoms with Gasteiger partial charge in [0.2, 0.25) is 0 Å². The van der Waals surface area contributed by atoms with Gasteiger partial charge in [-0.05, 0) is 37.8 Å². The van der Waals surface area contributed by atoms with Gasteiger partial charge in [-0.2, -0.15) is 0 Å². The van der Waals surface area contributed by atoms with Crippen LogP contribution in [0.4, 0.5) is 10.5 Å². The van der Waals surface area contributed by atoms with Crippen LogP contribution in [0.15, 0.2) is 24.3 Å². The number of hydrogen-bond donors (Lipinski definition) is 2. The highest BCUT2D eigenvalue weighted by molar-refractivity contribution is 5.90. The Balaban J connectivity index is 2.01. The second-order valence-corrected chi connectivity index (χ2v) is 5.93. The molecule has 116 valence electrons. The highest BCUT2D eigenvalue weighted by atomic mass is 16.3. The molecule has 1 saturated heterocycles. The number of carbonyl (C=O) groups is 1. The molecule has 1 aliphatic heterocycles. The van der Waals surface area contributed by atoms with E-state index in [0.29, 0.717) is 6.54 Å². The third-order valence-corrected chi connectivity index (χ3v) is 4.21. The maximum Gasteiger partial charge on any atom is 0.321 e. The molecule has 0 spiro atoms. The van der Waals surface area contributed by atoms with Gasteiger partial charge >= 0.3 is 6.03 Å². The fourth-order valence-corrected chi connectivity index (χ4v) is 2.91. The van der Waals surface area contributed by atoms with Gasteiger partial charge in [0.1, 0.15) is 0 Å². The zero-order valence-corrected chi connectivity index (χ0v) is 13.0. The van der Waals surface area contributed by atoms with E-state index in [2.05, 4.69) is 18.3 Å². The molecule has 2 amide bonds. The normalized spacial score (nSPS) is 20.1. The molecular formula is C17H26N2O2. The van der Waals surface area contributed by atoms with E-state index in [1.165, 1.54) is 5.56 Å². The lowest BCUT2D eigenvalue weighted by atomic mass is 9.94. The van der Waals surface area contributed by atoms with Crippen molar-refractivity contribution in [3.8, 4) is 0 Å². The minimum Gasteiger partial charge on any atom is -0.393 e. The number of hydrogen-bond acceptors (Lipinski definition) is 2. The summed E-state index contributed by atoms with van der Waals surface area (Å²) < 4.78 is 0. The van der Waals surface area contributed by atoms with Gasteiger partial charge < -0.3 is 15.3 Å². The molecule has 0 saturated carbocycles. The van der Waals surface area contributed by atoms with Crippen molar-refractivity contribution >= 4 is 11.7 Å². The maximum absolute atomic E-state index is 12.4. The van der Waals surface area contributed by atoms with Crippen LogP contribution in [0.3, 0.4) is 0 Å². The van der Waals surface area contributed by atoms with Crippen molar-refractivity contribution < 1.29 is 9.90 Å². The van der Waals surface area contributed by atoms with Crippen molar-refractivity contribution in [2.24, 2.45) is 5.92 Å². The number of benzene rings is 1. The molecule has 4 nitrogen and oxygen atoms in total. The van der Waals surface area contributed by atoms with Crippen LogP contribution in [-0.2, 0) is 6.42 Å². The second-order valence-electron chi connectivity index (χ2n) is 5.93. The molecular weight excluding hydrogens is 264 g/mol. The van der Waals surface area contributed by atoms with E-state index in [1.54, 1.807) is 0 Å². The molecule has 2 N–H and O–H groups in total. The third kappa shape index (κ3) is 4.21. The lowest BCUT2D eigenvalue weighted by Crippen LogP contribution is -2.44. The smallest absolute Gasteiger partial charge is 0.321 e. The molecule has 0 bridgehead atoms. The Hall–Kier alpha value is -1.55. The largest absolute Gasteiger partial charge is 0.393 e. The Kier molecular flexibility index (Phi) is 5.62. The maximum atomic E-state index is 12.4. The number of nitrogens with one attached hydrogen (secondary N) is 1.